The van der Waals surface area contributed by atoms with Crippen molar-refractivity contribution in [3.63, 3.8) is 0 Å². The summed E-state index contributed by atoms with van der Waals surface area (Å²) in [5.41, 5.74) is 0.756. The molecule has 0 aliphatic carbocycles. The van der Waals surface area contributed by atoms with Gasteiger partial charge in [-0.2, -0.15) is 0 Å². The summed E-state index contributed by atoms with van der Waals surface area (Å²) >= 11 is 0. The molecule has 4 N–H and O–H groups in total. The van der Waals surface area contributed by atoms with Gasteiger partial charge in [-0.15, -0.1) is 0 Å². The number of pyridine rings is 1. The SMILES string of the molecule is CCNCC(O)c1ccc(O)c2[nH]c(=O)ccc12. The Morgan fingerprint density at radius 1 is 1.33 bits per heavy atom. The summed E-state index contributed by atoms with van der Waals surface area (Å²) in [6.45, 7) is 3.15. The van der Waals surface area contributed by atoms with E-state index in [0.717, 1.165) is 6.54 Å². The largest absolute Gasteiger partial charge is 0.506 e. The molecule has 5 heteroatoms. The van der Waals surface area contributed by atoms with Crippen LogP contribution in [-0.2, 0) is 0 Å². The predicted molar refractivity (Wildman–Crippen MR) is 69.7 cm³/mol. The maximum Gasteiger partial charge on any atom is 0.248 e. The summed E-state index contributed by atoms with van der Waals surface area (Å²) in [5, 5.41) is 23.5. The number of phenolic OH excluding ortho intramolecular Hbond substituents is 1. The number of aromatic hydroxyl groups is 1. The zero-order valence-corrected chi connectivity index (χ0v) is 10.1. The first-order chi connectivity index (χ1) is 8.63. The molecule has 0 bridgehead atoms. The fourth-order valence-electron chi connectivity index (χ4n) is 1.94. The van der Waals surface area contributed by atoms with Crippen LogP contribution in [0.15, 0.2) is 29.1 Å². The van der Waals surface area contributed by atoms with Gasteiger partial charge in [-0.1, -0.05) is 13.0 Å². The molecule has 1 atom stereocenters. The van der Waals surface area contributed by atoms with Crippen LogP contribution in [0.1, 0.15) is 18.6 Å². The smallest absolute Gasteiger partial charge is 0.248 e. The number of H-pyrrole nitrogens is 1. The highest BCUT2D eigenvalue weighted by Gasteiger charge is 2.13. The van der Waals surface area contributed by atoms with E-state index in [2.05, 4.69) is 10.3 Å². The van der Waals surface area contributed by atoms with Crippen LogP contribution in [0, 0.1) is 0 Å². The van der Waals surface area contributed by atoms with Gasteiger partial charge >= 0.3 is 0 Å². The third-order valence-corrected chi connectivity index (χ3v) is 2.85. The first-order valence-corrected chi connectivity index (χ1v) is 5.87. The van der Waals surface area contributed by atoms with E-state index >= 15 is 0 Å². The number of hydrogen-bond donors (Lipinski definition) is 4. The van der Waals surface area contributed by atoms with Gasteiger partial charge in [-0.3, -0.25) is 4.79 Å². The van der Waals surface area contributed by atoms with Crippen molar-refractivity contribution in [1.82, 2.24) is 10.3 Å². The summed E-state index contributed by atoms with van der Waals surface area (Å²) in [4.78, 5) is 13.8. The molecule has 96 valence electrons. The summed E-state index contributed by atoms with van der Waals surface area (Å²) in [6, 6.07) is 6.13. The van der Waals surface area contributed by atoms with Gasteiger partial charge in [0.15, 0.2) is 0 Å². The Morgan fingerprint density at radius 2 is 2.11 bits per heavy atom. The molecule has 1 heterocycles. The highest BCUT2D eigenvalue weighted by atomic mass is 16.3. The first-order valence-electron chi connectivity index (χ1n) is 5.87. The number of likely N-dealkylation sites (N-methyl/N-ethyl adjacent to an activating group) is 1. The number of hydrogen-bond acceptors (Lipinski definition) is 4. The van der Waals surface area contributed by atoms with Gasteiger partial charge in [-0.05, 0) is 24.2 Å². The van der Waals surface area contributed by atoms with E-state index in [1.165, 1.54) is 12.1 Å². The van der Waals surface area contributed by atoms with Crippen molar-refractivity contribution in [2.24, 2.45) is 0 Å². The molecule has 0 amide bonds. The molecule has 5 nitrogen and oxygen atoms in total. The van der Waals surface area contributed by atoms with Crippen molar-refractivity contribution in [3.05, 3.63) is 40.2 Å². The van der Waals surface area contributed by atoms with Gasteiger partial charge < -0.3 is 20.5 Å². The number of phenols is 1. The predicted octanol–water partition coefficient (Wildman–Crippen LogP) is 0.877. The van der Waals surface area contributed by atoms with Gasteiger partial charge in [0.2, 0.25) is 5.56 Å². The zero-order chi connectivity index (χ0) is 13.1. The molecule has 18 heavy (non-hydrogen) atoms. The van der Waals surface area contributed by atoms with Crippen molar-refractivity contribution in [3.8, 4) is 5.75 Å². The lowest BCUT2D eigenvalue weighted by Gasteiger charge is -2.14. The Bertz CT molecular complexity index is 607. The molecule has 1 aromatic carbocycles. The van der Waals surface area contributed by atoms with Crippen LogP contribution in [0.25, 0.3) is 10.9 Å². The fourth-order valence-corrected chi connectivity index (χ4v) is 1.94. The molecule has 2 rings (SSSR count). The molecule has 1 unspecified atom stereocenters. The minimum atomic E-state index is -0.682. The maximum atomic E-state index is 11.2. The van der Waals surface area contributed by atoms with Gasteiger partial charge in [0, 0.05) is 18.0 Å². The van der Waals surface area contributed by atoms with Crippen LogP contribution < -0.4 is 10.9 Å². The summed E-state index contributed by atoms with van der Waals surface area (Å²) in [7, 11) is 0. The fraction of sp³-hybridized carbons (Fsp3) is 0.308. The zero-order valence-electron chi connectivity index (χ0n) is 10.1. The molecule has 2 aromatic rings. The number of aromatic amines is 1. The second kappa shape index (κ2) is 5.20. The Balaban J connectivity index is 2.52. The number of aromatic nitrogens is 1. The molecule has 0 fully saturated rings. The number of rotatable bonds is 4. The molecule has 0 aliphatic heterocycles. The standard InChI is InChI=1S/C13H16N2O3/c1-2-14-7-11(17)8-3-5-10(16)13-9(8)4-6-12(18)15-13/h3-6,11,14,16-17H,2,7H2,1H3,(H,15,18). The summed E-state index contributed by atoms with van der Waals surface area (Å²) in [5.74, 6) is 0.00195. The minimum absolute atomic E-state index is 0.00195. The van der Waals surface area contributed by atoms with E-state index in [0.29, 0.717) is 23.0 Å². The molecule has 0 saturated carbocycles. The van der Waals surface area contributed by atoms with Gasteiger partial charge in [0.05, 0.1) is 11.6 Å². The number of benzene rings is 1. The summed E-state index contributed by atoms with van der Waals surface area (Å²) < 4.78 is 0. The van der Waals surface area contributed by atoms with Crippen molar-refractivity contribution >= 4 is 10.9 Å². The van der Waals surface area contributed by atoms with E-state index in [1.54, 1.807) is 12.1 Å². The molecule has 1 aromatic heterocycles. The van der Waals surface area contributed by atoms with E-state index in [4.69, 9.17) is 0 Å². The van der Waals surface area contributed by atoms with Gasteiger partial charge in [0.25, 0.3) is 0 Å². The minimum Gasteiger partial charge on any atom is -0.506 e. The lowest BCUT2D eigenvalue weighted by atomic mass is 10.0. The lowest BCUT2D eigenvalue weighted by Crippen LogP contribution is -2.21. The van der Waals surface area contributed by atoms with E-state index in [1.807, 2.05) is 6.92 Å². The van der Waals surface area contributed by atoms with E-state index < -0.39 is 6.10 Å². The average Bonchev–Trinajstić information content (AvgIpc) is 2.37. The Labute approximate surface area is 104 Å². The van der Waals surface area contributed by atoms with Crippen molar-refractivity contribution in [2.45, 2.75) is 13.0 Å². The molecule has 0 radical (unpaired) electrons. The third kappa shape index (κ3) is 2.37. The van der Waals surface area contributed by atoms with Crippen molar-refractivity contribution in [2.75, 3.05) is 13.1 Å². The van der Waals surface area contributed by atoms with Crippen LogP contribution in [0.4, 0.5) is 0 Å². The summed E-state index contributed by atoms with van der Waals surface area (Å²) in [6.07, 6.45) is -0.682. The number of fused-ring (bicyclic) bond motifs is 1. The Kier molecular flexibility index (Phi) is 3.64. The molecule has 0 aliphatic rings. The number of nitrogens with one attached hydrogen (secondary N) is 2. The van der Waals surface area contributed by atoms with Crippen LogP contribution in [-0.4, -0.2) is 28.3 Å². The second-order valence-electron chi connectivity index (χ2n) is 4.11. The molecule has 0 spiro atoms. The molecule has 0 saturated heterocycles. The topological polar surface area (TPSA) is 85.3 Å². The Morgan fingerprint density at radius 3 is 2.83 bits per heavy atom. The van der Waals surface area contributed by atoms with Crippen LogP contribution in [0.2, 0.25) is 0 Å². The average molecular weight is 248 g/mol. The highest BCUT2D eigenvalue weighted by Crippen LogP contribution is 2.28. The monoisotopic (exact) mass is 248 g/mol. The van der Waals surface area contributed by atoms with Crippen LogP contribution >= 0.6 is 0 Å². The molecular weight excluding hydrogens is 232 g/mol. The quantitative estimate of drug-likeness (QED) is 0.647. The number of aliphatic hydroxyl groups excluding tert-OH is 1. The maximum absolute atomic E-state index is 11.2. The lowest BCUT2D eigenvalue weighted by molar-refractivity contribution is 0.177. The van der Waals surface area contributed by atoms with Crippen molar-refractivity contribution in [1.29, 1.82) is 0 Å². The van der Waals surface area contributed by atoms with Crippen LogP contribution in [0.3, 0.4) is 0 Å². The normalized spacial score (nSPS) is 12.8. The third-order valence-electron chi connectivity index (χ3n) is 2.85. The first kappa shape index (κ1) is 12.6. The van der Waals surface area contributed by atoms with Crippen molar-refractivity contribution < 1.29 is 10.2 Å². The molecular formula is C13H16N2O3. The van der Waals surface area contributed by atoms with Crippen LogP contribution in [0.5, 0.6) is 5.75 Å². The van der Waals surface area contributed by atoms with Gasteiger partial charge in [0.1, 0.15) is 5.75 Å². The highest BCUT2D eigenvalue weighted by molar-refractivity contribution is 5.87. The van der Waals surface area contributed by atoms with E-state index in [-0.39, 0.29) is 11.3 Å². The van der Waals surface area contributed by atoms with E-state index in [9.17, 15) is 15.0 Å². The second-order valence-corrected chi connectivity index (χ2v) is 4.11. The number of aliphatic hydroxyl groups is 1. The Hall–Kier alpha value is -1.85. The van der Waals surface area contributed by atoms with Gasteiger partial charge in [-0.25, -0.2) is 0 Å².